The molecule has 3 unspecified atom stereocenters. The molecule has 0 aromatic carbocycles. The van der Waals surface area contributed by atoms with Gasteiger partial charge in [0.25, 0.3) is 0 Å². The summed E-state index contributed by atoms with van der Waals surface area (Å²) >= 11 is 0. The van der Waals surface area contributed by atoms with Gasteiger partial charge >= 0.3 is 0 Å². The fraction of sp³-hybridized carbons (Fsp3) is 0.714. The summed E-state index contributed by atoms with van der Waals surface area (Å²) in [4.78, 5) is 0. The minimum Gasteiger partial charge on any atom is -0.390 e. The van der Waals surface area contributed by atoms with Crippen molar-refractivity contribution < 1.29 is 10.2 Å². The van der Waals surface area contributed by atoms with Gasteiger partial charge in [0.2, 0.25) is 0 Å². The van der Waals surface area contributed by atoms with Crippen LogP contribution in [-0.4, -0.2) is 21.9 Å². The Hall–Kier alpha value is -1.12. The second-order valence-electron chi connectivity index (χ2n) is 11.3. The van der Waals surface area contributed by atoms with E-state index < -0.39 is 11.7 Å². The highest BCUT2D eigenvalue weighted by Gasteiger charge is 2.50. The molecule has 2 nitrogen and oxygen atoms in total. The first-order valence-corrected chi connectivity index (χ1v) is 12.2. The Balaban J connectivity index is 1.70. The molecular weight excluding hydrogens is 368 g/mol. The minimum atomic E-state index is -0.569. The monoisotopic (exact) mass is 412 g/mol. The van der Waals surface area contributed by atoms with E-state index in [0.29, 0.717) is 11.3 Å². The van der Waals surface area contributed by atoms with Crippen LogP contribution >= 0.6 is 0 Å². The number of aliphatic hydroxyl groups excluding tert-OH is 1. The number of fused-ring (bicyclic) bond motifs is 1. The van der Waals surface area contributed by atoms with Crippen LogP contribution in [0.3, 0.4) is 0 Å². The maximum atomic E-state index is 10.3. The Morgan fingerprint density at radius 3 is 2.60 bits per heavy atom. The molecule has 0 heterocycles. The van der Waals surface area contributed by atoms with E-state index in [2.05, 4.69) is 39.2 Å². The van der Waals surface area contributed by atoms with Crippen LogP contribution in [0.25, 0.3) is 0 Å². The van der Waals surface area contributed by atoms with Gasteiger partial charge in [0.1, 0.15) is 0 Å². The molecule has 3 rings (SSSR count). The van der Waals surface area contributed by atoms with Gasteiger partial charge in [-0.3, -0.25) is 0 Å². The third-order valence-corrected chi connectivity index (χ3v) is 8.52. The molecule has 0 amide bonds. The molecule has 3 fully saturated rings. The van der Waals surface area contributed by atoms with Gasteiger partial charge in [-0.2, -0.15) is 0 Å². The standard InChI is InChI=1S/C28H44O2/c1-19(9-7-17-27(4,5)30)24-15-16-25-23(10-8-18-28(24,25)6)14-13-22-12-11-20(2)26(29)21(22)3/h13-14,19,24-26,29-30H,2-3,7-12,15-18H2,1,4-6H3/b22-13-,23-14+/t19?,24?,25?,26-,28+/m0/s1. The molecular formula is C28H44O2. The van der Waals surface area contributed by atoms with E-state index in [-0.39, 0.29) is 0 Å². The summed E-state index contributed by atoms with van der Waals surface area (Å²) in [6, 6.07) is 0. The molecule has 0 aliphatic heterocycles. The fourth-order valence-corrected chi connectivity index (χ4v) is 6.68. The fourth-order valence-electron chi connectivity index (χ4n) is 6.68. The summed E-state index contributed by atoms with van der Waals surface area (Å²) in [5.41, 5.74) is 4.42. The molecule has 0 aromatic heterocycles. The van der Waals surface area contributed by atoms with Gasteiger partial charge in [-0.15, -0.1) is 0 Å². The molecule has 30 heavy (non-hydrogen) atoms. The predicted octanol–water partition coefficient (Wildman–Crippen LogP) is 6.90. The molecule has 3 aliphatic carbocycles. The molecule has 3 aliphatic rings. The van der Waals surface area contributed by atoms with Crippen LogP contribution in [0.2, 0.25) is 0 Å². The Morgan fingerprint density at radius 1 is 1.17 bits per heavy atom. The first-order chi connectivity index (χ1) is 14.0. The van der Waals surface area contributed by atoms with Gasteiger partial charge in [0, 0.05) is 0 Å². The summed E-state index contributed by atoms with van der Waals surface area (Å²) in [6.07, 6.45) is 15.6. The third kappa shape index (κ3) is 5.02. The van der Waals surface area contributed by atoms with E-state index in [0.717, 1.165) is 48.7 Å². The molecule has 2 heteroatoms. The van der Waals surface area contributed by atoms with Gasteiger partial charge in [0.05, 0.1) is 11.7 Å². The molecule has 0 saturated heterocycles. The van der Waals surface area contributed by atoms with E-state index in [4.69, 9.17) is 0 Å². The van der Waals surface area contributed by atoms with Crippen LogP contribution in [0.1, 0.15) is 91.9 Å². The zero-order valence-electron chi connectivity index (χ0n) is 19.8. The zero-order chi connectivity index (χ0) is 22.1. The van der Waals surface area contributed by atoms with E-state index in [9.17, 15) is 10.2 Å². The zero-order valence-corrected chi connectivity index (χ0v) is 19.8. The van der Waals surface area contributed by atoms with Crippen molar-refractivity contribution in [2.45, 2.75) is 104 Å². The Kier molecular flexibility index (Phi) is 7.19. The highest BCUT2D eigenvalue weighted by molar-refractivity contribution is 5.43. The Bertz CT molecular complexity index is 719. The summed E-state index contributed by atoms with van der Waals surface area (Å²) in [6.45, 7) is 16.9. The number of rotatable bonds is 6. The normalized spacial score (nSPS) is 36.4. The summed E-state index contributed by atoms with van der Waals surface area (Å²) in [5.74, 6) is 2.20. The largest absolute Gasteiger partial charge is 0.390 e. The molecule has 0 aromatic rings. The molecule has 168 valence electrons. The van der Waals surface area contributed by atoms with Crippen LogP contribution < -0.4 is 0 Å². The van der Waals surface area contributed by atoms with Crippen LogP contribution in [0.15, 0.2) is 47.6 Å². The van der Waals surface area contributed by atoms with Crippen LogP contribution in [0, 0.1) is 23.2 Å². The highest BCUT2D eigenvalue weighted by Crippen LogP contribution is 2.60. The van der Waals surface area contributed by atoms with E-state index >= 15 is 0 Å². The van der Waals surface area contributed by atoms with Gasteiger partial charge in [-0.1, -0.05) is 57.6 Å². The average Bonchev–Trinajstić information content (AvgIpc) is 3.02. The number of hydrogen-bond donors (Lipinski definition) is 2. The highest BCUT2D eigenvalue weighted by atomic mass is 16.3. The summed E-state index contributed by atoms with van der Waals surface area (Å²) in [7, 11) is 0. The van der Waals surface area contributed by atoms with Crippen LogP contribution in [0.4, 0.5) is 0 Å². The van der Waals surface area contributed by atoms with Gasteiger partial charge in [0.15, 0.2) is 0 Å². The summed E-state index contributed by atoms with van der Waals surface area (Å²) < 4.78 is 0. The first kappa shape index (κ1) is 23.5. The van der Waals surface area contributed by atoms with E-state index in [1.165, 1.54) is 44.1 Å². The van der Waals surface area contributed by atoms with Gasteiger partial charge < -0.3 is 10.2 Å². The molecule has 0 spiro atoms. The maximum Gasteiger partial charge on any atom is 0.0995 e. The van der Waals surface area contributed by atoms with Crippen molar-refractivity contribution in [3.8, 4) is 0 Å². The van der Waals surface area contributed by atoms with Crippen molar-refractivity contribution in [3.63, 3.8) is 0 Å². The lowest BCUT2D eigenvalue weighted by molar-refractivity contribution is 0.0597. The first-order valence-electron chi connectivity index (χ1n) is 12.2. The quantitative estimate of drug-likeness (QED) is 0.466. The van der Waals surface area contributed by atoms with Gasteiger partial charge in [-0.05, 0) is 105 Å². The van der Waals surface area contributed by atoms with Crippen molar-refractivity contribution in [3.05, 3.63) is 47.6 Å². The minimum absolute atomic E-state index is 0.411. The average molecular weight is 413 g/mol. The lowest BCUT2D eigenvalue weighted by atomic mass is 9.60. The van der Waals surface area contributed by atoms with Gasteiger partial charge in [-0.25, -0.2) is 0 Å². The second-order valence-corrected chi connectivity index (χ2v) is 11.3. The molecule has 0 radical (unpaired) electrons. The molecule has 0 bridgehead atoms. The van der Waals surface area contributed by atoms with E-state index in [1.54, 1.807) is 5.57 Å². The van der Waals surface area contributed by atoms with Crippen molar-refractivity contribution >= 4 is 0 Å². The Labute approximate surface area is 184 Å². The third-order valence-electron chi connectivity index (χ3n) is 8.52. The number of aliphatic hydroxyl groups is 2. The second kappa shape index (κ2) is 9.17. The Morgan fingerprint density at radius 2 is 1.90 bits per heavy atom. The van der Waals surface area contributed by atoms with Crippen molar-refractivity contribution in [2.24, 2.45) is 23.2 Å². The predicted molar refractivity (Wildman–Crippen MR) is 127 cm³/mol. The maximum absolute atomic E-state index is 10.3. The van der Waals surface area contributed by atoms with Crippen LogP contribution in [-0.2, 0) is 0 Å². The molecule has 2 N–H and O–H groups in total. The smallest absolute Gasteiger partial charge is 0.0995 e. The van der Waals surface area contributed by atoms with Crippen molar-refractivity contribution in [2.75, 3.05) is 0 Å². The van der Waals surface area contributed by atoms with E-state index in [1.807, 2.05) is 13.8 Å². The van der Waals surface area contributed by atoms with Crippen molar-refractivity contribution in [1.29, 1.82) is 0 Å². The topological polar surface area (TPSA) is 40.5 Å². The van der Waals surface area contributed by atoms with Crippen LogP contribution in [0.5, 0.6) is 0 Å². The SMILES string of the molecule is C=C1CC/C(=C/C=C2\CCC[C@@]3(C)C2CCC3C(C)CCCC(C)(C)O)C(=C)[C@H]1O. The summed E-state index contributed by atoms with van der Waals surface area (Å²) in [5, 5.41) is 20.3. The molecule has 3 saturated carbocycles. The lowest BCUT2D eigenvalue weighted by Gasteiger charge is -2.44. The lowest BCUT2D eigenvalue weighted by Crippen LogP contribution is -2.36. The number of allylic oxidation sites excluding steroid dienone is 3. The molecule has 5 atom stereocenters. The van der Waals surface area contributed by atoms with Crippen molar-refractivity contribution in [1.82, 2.24) is 0 Å². The number of hydrogen-bond acceptors (Lipinski definition) is 2.